The van der Waals surface area contributed by atoms with Crippen molar-refractivity contribution < 1.29 is 9.15 Å². The van der Waals surface area contributed by atoms with E-state index in [1.165, 1.54) is 0 Å². The Hall–Kier alpha value is -1.53. The summed E-state index contributed by atoms with van der Waals surface area (Å²) in [6.07, 6.45) is 1.87. The Bertz CT molecular complexity index is 459. The van der Waals surface area contributed by atoms with Gasteiger partial charge in [0.1, 0.15) is 12.3 Å². The Morgan fingerprint density at radius 3 is 3.00 bits per heavy atom. The zero-order chi connectivity index (χ0) is 16.5. The SMILES string of the molecule is CCNC(=NCc1ccco1)NCC1CN(CC(C)C)CCO1. The van der Waals surface area contributed by atoms with Crippen molar-refractivity contribution in [1.82, 2.24) is 15.5 Å². The molecule has 1 saturated heterocycles. The Kier molecular flexibility index (Phi) is 7.42. The minimum atomic E-state index is 0.204. The van der Waals surface area contributed by atoms with Crippen LogP contribution in [0.1, 0.15) is 26.5 Å². The van der Waals surface area contributed by atoms with Crippen LogP contribution in [-0.4, -0.2) is 56.3 Å². The van der Waals surface area contributed by atoms with Gasteiger partial charge in [0.25, 0.3) is 0 Å². The van der Waals surface area contributed by atoms with E-state index >= 15 is 0 Å². The highest BCUT2D eigenvalue weighted by atomic mass is 16.5. The first-order chi connectivity index (χ1) is 11.2. The molecule has 2 heterocycles. The molecule has 6 heteroatoms. The summed E-state index contributed by atoms with van der Waals surface area (Å²) in [5.74, 6) is 2.35. The van der Waals surface area contributed by atoms with Gasteiger partial charge in [-0.15, -0.1) is 0 Å². The molecule has 0 radical (unpaired) electrons. The van der Waals surface area contributed by atoms with Crippen LogP contribution in [0.5, 0.6) is 0 Å². The number of rotatable bonds is 7. The minimum absolute atomic E-state index is 0.204. The quantitative estimate of drug-likeness (QED) is 0.591. The molecule has 0 bridgehead atoms. The van der Waals surface area contributed by atoms with Gasteiger partial charge in [-0.25, -0.2) is 4.99 Å². The highest BCUT2D eigenvalue weighted by Gasteiger charge is 2.21. The number of hydrogen-bond donors (Lipinski definition) is 2. The van der Waals surface area contributed by atoms with Gasteiger partial charge in [0.2, 0.25) is 0 Å². The predicted molar refractivity (Wildman–Crippen MR) is 92.5 cm³/mol. The van der Waals surface area contributed by atoms with Crippen LogP contribution in [0.2, 0.25) is 0 Å². The zero-order valence-corrected chi connectivity index (χ0v) is 14.5. The molecule has 1 aromatic rings. The van der Waals surface area contributed by atoms with E-state index in [0.29, 0.717) is 12.5 Å². The van der Waals surface area contributed by atoms with Crippen molar-refractivity contribution in [2.24, 2.45) is 10.9 Å². The lowest BCUT2D eigenvalue weighted by atomic mass is 10.2. The summed E-state index contributed by atoms with van der Waals surface area (Å²) in [5.41, 5.74) is 0. The maximum Gasteiger partial charge on any atom is 0.191 e. The molecule has 1 atom stereocenters. The molecule has 6 nitrogen and oxygen atoms in total. The molecule has 23 heavy (non-hydrogen) atoms. The third-order valence-electron chi connectivity index (χ3n) is 3.66. The van der Waals surface area contributed by atoms with E-state index in [-0.39, 0.29) is 6.10 Å². The highest BCUT2D eigenvalue weighted by Crippen LogP contribution is 2.07. The highest BCUT2D eigenvalue weighted by molar-refractivity contribution is 5.79. The Morgan fingerprint density at radius 2 is 2.30 bits per heavy atom. The molecule has 1 aliphatic rings. The summed E-state index contributed by atoms with van der Waals surface area (Å²) in [5, 5.41) is 6.63. The fourth-order valence-corrected chi connectivity index (χ4v) is 2.70. The van der Waals surface area contributed by atoms with Gasteiger partial charge in [0.15, 0.2) is 5.96 Å². The Labute approximate surface area is 139 Å². The normalized spacial score (nSPS) is 20.0. The maximum atomic E-state index is 5.86. The van der Waals surface area contributed by atoms with Crippen LogP contribution in [0.3, 0.4) is 0 Å². The number of morpholine rings is 1. The van der Waals surface area contributed by atoms with Crippen LogP contribution in [0, 0.1) is 5.92 Å². The molecule has 1 fully saturated rings. The smallest absolute Gasteiger partial charge is 0.191 e. The molecule has 2 N–H and O–H groups in total. The zero-order valence-electron chi connectivity index (χ0n) is 14.5. The summed E-state index contributed by atoms with van der Waals surface area (Å²) < 4.78 is 11.2. The largest absolute Gasteiger partial charge is 0.467 e. The second-order valence-electron chi connectivity index (χ2n) is 6.30. The van der Waals surface area contributed by atoms with Crippen molar-refractivity contribution in [3.05, 3.63) is 24.2 Å². The first-order valence-electron chi connectivity index (χ1n) is 8.56. The molecule has 1 aromatic heterocycles. The number of furan rings is 1. The Balaban J connectivity index is 1.79. The van der Waals surface area contributed by atoms with E-state index in [4.69, 9.17) is 9.15 Å². The van der Waals surface area contributed by atoms with Gasteiger partial charge in [-0.2, -0.15) is 0 Å². The third kappa shape index (κ3) is 6.62. The van der Waals surface area contributed by atoms with Gasteiger partial charge < -0.3 is 19.8 Å². The van der Waals surface area contributed by atoms with Crippen LogP contribution < -0.4 is 10.6 Å². The van der Waals surface area contributed by atoms with Gasteiger partial charge in [-0.05, 0) is 25.0 Å². The van der Waals surface area contributed by atoms with Crippen LogP contribution in [0.4, 0.5) is 0 Å². The molecule has 0 aliphatic carbocycles. The Morgan fingerprint density at radius 1 is 1.43 bits per heavy atom. The summed E-state index contributed by atoms with van der Waals surface area (Å²) in [4.78, 5) is 7.02. The molecule has 130 valence electrons. The van der Waals surface area contributed by atoms with E-state index in [2.05, 4.69) is 41.3 Å². The second kappa shape index (κ2) is 9.57. The van der Waals surface area contributed by atoms with E-state index in [9.17, 15) is 0 Å². The lowest BCUT2D eigenvalue weighted by Gasteiger charge is -2.34. The summed E-state index contributed by atoms with van der Waals surface area (Å²) >= 11 is 0. The van der Waals surface area contributed by atoms with Crippen molar-refractivity contribution in [1.29, 1.82) is 0 Å². The number of ether oxygens (including phenoxy) is 1. The van der Waals surface area contributed by atoms with Gasteiger partial charge in [0, 0.05) is 32.7 Å². The molecule has 0 amide bonds. The molecule has 0 aromatic carbocycles. The fraction of sp³-hybridized carbons (Fsp3) is 0.706. The first kappa shape index (κ1) is 17.8. The van der Waals surface area contributed by atoms with E-state index in [1.807, 2.05) is 12.1 Å². The van der Waals surface area contributed by atoms with Gasteiger partial charge >= 0.3 is 0 Å². The molecular formula is C17H30N4O2. The lowest BCUT2D eigenvalue weighted by molar-refractivity contribution is -0.0284. The van der Waals surface area contributed by atoms with Crippen molar-refractivity contribution in [3.63, 3.8) is 0 Å². The topological polar surface area (TPSA) is 62.0 Å². The second-order valence-corrected chi connectivity index (χ2v) is 6.30. The first-order valence-corrected chi connectivity index (χ1v) is 8.56. The van der Waals surface area contributed by atoms with Crippen molar-refractivity contribution in [2.45, 2.75) is 33.4 Å². The molecule has 1 aliphatic heterocycles. The third-order valence-corrected chi connectivity index (χ3v) is 3.66. The van der Waals surface area contributed by atoms with E-state index < -0.39 is 0 Å². The van der Waals surface area contributed by atoms with Crippen molar-refractivity contribution in [2.75, 3.05) is 39.3 Å². The standard InChI is InChI=1S/C17H30N4O2/c1-4-18-17(19-10-15-6-5-8-22-15)20-11-16-13-21(7-9-23-16)12-14(2)3/h5-6,8,14,16H,4,7,9-13H2,1-3H3,(H2,18,19,20). The molecule has 0 saturated carbocycles. The summed E-state index contributed by atoms with van der Waals surface area (Å²) in [6.45, 7) is 12.6. The number of guanidine groups is 1. The van der Waals surface area contributed by atoms with Crippen molar-refractivity contribution in [3.8, 4) is 0 Å². The van der Waals surface area contributed by atoms with Gasteiger partial charge in [0.05, 0.1) is 19.0 Å². The average Bonchev–Trinajstić information content (AvgIpc) is 3.03. The van der Waals surface area contributed by atoms with E-state index in [0.717, 1.165) is 51.1 Å². The van der Waals surface area contributed by atoms with Crippen LogP contribution in [0.15, 0.2) is 27.8 Å². The predicted octanol–water partition coefficient (Wildman–Crippen LogP) is 1.69. The van der Waals surface area contributed by atoms with Crippen LogP contribution >= 0.6 is 0 Å². The molecule has 0 spiro atoms. The maximum absolute atomic E-state index is 5.86. The summed E-state index contributed by atoms with van der Waals surface area (Å²) in [6, 6.07) is 3.81. The molecule has 1 unspecified atom stereocenters. The van der Waals surface area contributed by atoms with E-state index in [1.54, 1.807) is 6.26 Å². The fourth-order valence-electron chi connectivity index (χ4n) is 2.70. The number of nitrogens with zero attached hydrogens (tertiary/aromatic N) is 2. The molecular weight excluding hydrogens is 292 g/mol. The van der Waals surface area contributed by atoms with Crippen molar-refractivity contribution >= 4 is 5.96 Å². The number of hydrogen-bond acceptors (Lipinski definition) is 4. The summed E-state index contributed by atoms with van der Waals surface area (Å²) in [7, 11) is 0. The van der Waals surface area contributed by atoms with Gasteiger partial charge in [-0.3, -0.25) is 4.90 Å². The lowest BCUT2D eigenvalue weighted by Crippen LogP contribution is -2.50. The number of aliphatic imine (C=N–C) groups is 1. The van der Waals surface area contributed by atoms with Crippen LogP contribution in [-0.2, 0) is 11.3 Å². The monoisotopic (exact) mass is 322 g/mol. The minimum Gasteiger partial charge on any atom is -0.467 e. The molecule has 2 rings (SSSR count). The van der Waals surface area contributed by atoms with Gasteiger partial charge in [-0.1, -0.05) is 13.8 Å². The average molecular weight is 322 g/mol. The number of nitrogens with one attached hydrogen (secondary N) is 2. The van der Waals surface area contributed by atoms with Crippen LogP contribution in [0.25, 0.3) is 0 Å².